The smallest absolute Gasteiger partial charge is 0.129 e. The lowest BCUT2D eigenvalue weighted by molar-refractivity contribution is 0.363. The van der Waals surface area contributed by atoms with Crippen LogP contribution in [0.15, 0.2) is 96.1 Å². The molecule has 3 aromatic carbocycles. The summed E-state index contributed by atoms with van der Waals surface area (Å²) in [5, 5.41) is 3.98. The topological polar surface area (TPSA) is 47.6 Å². The molecule has 0 saturated heterocycles. The van der Waals surface area contributed by atoms with Gasteiger partial charge in [-0.3, -0.25) is 0 Å². The van der Waals surface area contributed by atoms with Gasteiger partial charge in [-0.05, 0) is 23.8 Å². The highest BCUT2D eigenvalue weighted by Gasteiger charge is 2.11. The molecule has 0 saturated carbocycles. The number of para-hydroxylation sites is 1. The van der Waals surface area contributed by atoms with Crippen molar-refractivity contribution >= 4 is 11.8 Å². The fourth-order valence-corrected chi connectivity index (χ4v) is 2.57. The standard InChI is InChI=1S/C22H20N2O/c23-24-22(19-13-5-2-6-14-19)20-15-7-8-16-21(20)25-17-9-12-18-10-3-1-4-11-18/h1-16H,17,23H2/b12-9+,24-22+. The number of hydrogen-bond donors (Lipinski definition) is 1. The van der Waals surface area contributed by atoms with E-state index in [1.807, 2.05) is 84.9 Å². The zero-order chi connectivity index (χ0) is 17.3. The quantitative estimate of drug-likeness (QED) is 0.412. The van der Waals surface area contributed by atoms with Gasteiger partial charge >= 0.3 is 0 Å². The lowest BCUT2D eigenvalue weighted by Gasteiger charge is -2.12. The molecular weight excluding hydrogens is 308 g/mol. The van der Waals surface area contributed by atoms with Crippen molar-refractivity contribution in [2.75, 3.05) is 6.61 Å². The van der Waals surface area contributed by atoms with Crippen molar-refractivity contribution in [2.24, 2.45) is 10.9 Å². The molecule has 0 amide bonds. The van der Waals surface area contributed by atoms with Gasteiger partial charge in [-0.1, -0.05) is 78.9 Å². The van der Waals surface area contributed by atoms with E-state index in [0.29, 0.717) is 12.3 Å². The van der Waals surface area contributed by atoms with Crippen molar-refractivity contribution in [3.8, 4) is 5.75 Å². The molecule has 0 radical (unpaired) electrons. The van der Waals surface area contributed by atoms with E-state index in [0.717, 1.165) is 22.4 Å². The van der Waals surface area contributed by atoms with Crippen LogP contribution in [0.25, 0.3) is 6.08 Å². The van der Waals surface area contributed by atoms with Crippen molar-refractivity contribution in [1.82, 2.24) is 0 Å². The molecule has 0 aliphatic carbocycles. The summed E-state index contributed by atoms with van der Waals surface area (Å²) in [7, 11) is 0. The highest BCUT2D eigenvalue weighted by atomic mass is 16.5. The maximum absolute atomic E-state index is 5.94. The Morgan fingerprint density at radius 3 is 2.20 bits per heavy atom. The molecule has 0 aliphatic heterocycles. The SMILES string of the molecule is N/N=C(\c1ccccc1)c1ccccc1OC/C=C/c1ccccc1. The summed E-state index contributed by atoms with van der Waals surface area (Å²) in [5.74, 6) is 6.41. The molecule has 3 rings (SSSR count). The third kappa shape index (κ3) is 4.36. The molecule has 3 nitrogen and oxygen atoms in total. The first-order valence-electron chi connectivity index (χ1n) is 8.15. The molecule has 0 unspecified atom stereocenters. The molecule has 25 heavy (non-hydrogen) atoms. The highest BCUT2D eigenvalue weighted by molar-refractivity contribution is 6.14. The van der Waals surface area contributed by atoms with Crippen LogP contribution in [0.5, 0.6) is 5.75 Å². The molecule has 0 heterocycles. The molecular formula is C22H20N2O. The number of benzene rings is 3. The van der Waals surface area contributed by atoms with Crippen LogP contribution < -0.4 is 10.6 Å². The van der Waals surface area contributed by atoms with Crippen LogP contribution in [0.2, 0.25) is 0 Å². The first-order chi connectivity index (χ1) is 12.4. The van der Waals surface area contributed by atoms with Gasteiger partial charge in [-0.15, -0.1) is 0 Å². The van der Waals surface area contributed by atoms with Crippen molar-refractivity contribution in [3.05, 3.63) is 108 Å². The second-order valence-electron chi connectivity index (χ2n) is 5.46. The number of hydrogen-bond acceptors (Lipinski definition) is 3. The summed E-state index contributed by atoms with van der Waals surface area (Å²) in [6.45, 7) is 0.471. The van der Waals surface area contributed by atoms with Crippen LogP contribution in [0.4, 0.5) is 0 Å². The van der Waals surface area contributed by atoms with E-state index in [4.69, 9.17) is 10.6 Å². The highest BCUT2D eigenvalue weighted by Crippen LogP contribution is 2.22. The van der Waals surface area contributed by atoms with Crippen LogP contribution in [-0.4, -0.2) is 12.3 Å². The van der Waals surface area contributed by atoms with Crippen LogP contribution >= 0.6 is 0 Å². The predicted octanol–water partition coefficient (Wildman–Crippen LogP) is 4.49. The number of nitrogens with zero attached hydrogens (tertiary/aromatic N) is 1. The second-order valence-corrected chi connectivity index (χ2v) is 5.46. The van der Waals surface area contributed by atoms with Crippen LogP contribution in [0.1, 0.15) is 16.7 Å². The normalized spacial score (nSPS) is 11.6. The molecule has 0 spiro atoms. The Kier molecular flexibility index (Phi) is 5.62. The Morgan fingerprint density at radius 2 is 1.48 bits per heavy atom. The van der Waals surface area contributed by atoms with Crippen molar-refractivity contribution in [2.45, 2.75) is 0 Å². The van der Waals surface area contributed by atoms with E-state index in [2.05, 4.69) is 17.2 Å². The summed E-state index contributed by atoms with van der Waals surface area (Å²) in [4.78, 5) is 0. The van der Waals surface area contributed by atoms with Gasteiger partial charge < -0.3 is 10.6 Å². The molecule has 0 aliphatic rings. The molecule has 124 valence electrons. The van der Waals surface area contributed by atoms with Gasteiger partial charge in [0.15, 0.2) is 0 Å². The van der Waals surface area contributed by atoms with E-state index >= 15 is 0 Å². The zero-order valence-corrected chi connectivity index (χ0v) is 13.9. The van der Waals surface area contributed by atoms with Gasteiger partial charge in [0, 0.05) is 11.1 Å². The van der Waals surface area contributed by atoms with Gasteiger partial charge in [0.2, 0.25) is 0 Å². The second kappa shape index (κ2) is 8.50. The van der Waals surface area contributed by atoms with Gasteiger partial charge in [-0.25, -0.2) is 0 Å². The zero-order valence-electron chi connectivity index (χ0n) is 13.9. The third-order valence-corrected chi connectivity index (χ3v) is 3.76. The van der Waals surface area contributed by atoms with E-state index in [-0.39, 0.29) is 0 Å². The van der Waals surface area contributed by atoms with E-state index in [1.165, 1.54) is 0 Å². The minimum absolute atomic E-state index is 0.471. The van der Waals surface area contributed by atoms with Crippen LogP contribution in [0.3, 0.4) is 0 Å². The number of hydrazone groups is 1. The van der Waals surface area contributed by atoms with Crippen molar-refractivity contribution in [3.63, 3.8) is 0 Å². The number of nitrogens with two attached hydrogens (primary N) is 1. The Hall–Kier alpha value is -3.33. The Balaban J connectivity index is 1.76. The third-order valence-electron chi connectivity index (χ3n) is 3.76. The maximum atomic E-state index is 5.94. The van der Waals surface area contributed by atoms with E-state index in [9.17, 15) is 0 Å². The molecule has 0 fully saturated rings. The largest absolute Gasteiger partial charge is 0.489 e. The molecule has 2 N–H and O–H groups in total. The van der Waals surface area contributed by atoms with Crippen LogP contribution in [-0.2, 0) is 0 Å². The van der Waals surface area contributed by atoms with Gasteiger partial charge in [0.05, 0.1) is 0 Å². The summed E-state index contributed by atoms with van der Waals surface area (Å²) >= 11 is 0. The van der Waals surface area contributed by atoms with Crippen LogP contribution in [0, 0.1) is 0 Å². The average molecular weight is 328 g/mol. The van der Waals surface area contributed by atoms with Gasteiger partial charge in [0.1, 0.15) is 18.1 Å². The minimum Gasteiger partial charge on any atom is -0.489 e. The Bertz CT molecular complexity index is 855. The minimum atomic E-state index is 0.471. The Labute approximate surface area is 148 Å². The summed E-state index contributed by atoms with van der Waals surface area (Å²) < 4.78 is 5.94. The molecule has 3 heteroatoms. The Morgan fingerprint density at radius 1 is 0.840 bits per heavy atom. The monoisotopic (exact) mass is 328 g/mol. The molecule has 3 aromatic rings. The average Bonchev–Trinajstić information content (AvgIpc) is 2.68. The van der Waals surface area contributed by atoms with Gasteiger partial charge in [-0.2, -0.15) is 5.10 Å². The fraction of sp³-hybridized carbons (Fsp3) is 0.0455. The molecule has 0 atom stereocenters. The lowest BCUT2D eigenvalue weighted by atomic mass is 10.0. The van der Waals surface area contributed by atoms with E-state index in [1.54, 1.807) is 0 Å². The summed E-state index contributed by atoms with van der Waals surface area (Å²) in [5.41, 5.74) is 3.70. The lowest BCUT2D eigenvalue weighted by Crippen LogP contribution is -2.09. The van der Waals surface area contributed by atoms with Crippen molar-refractivity contribution in [1.29, 1.82) is 0 Å². The number of rotatable bonds is 6. The first-order valence-corrected chi connectivity index (χ1v) is 8.15. The molecule has 0 bridgehead atoms. The molecule has 0 aromatic heterocycles. The number of ether oxygens (including phenoxy) is 1. The van der Waals surface area contributed by atoms with Gasteiger partial charge in [0.25, 0.3) is 0 Å². The maximum Gasteiger partial charge on any atom is 0.129 e. The predicted molar refractivity (Wildman–Crippen MR) is 104 cm³/mol. The summed E-state index contributed by atoms with van der Waals surface area (Å²) in [6.07, 6.45) is 4.03. The first kappa shape index (κ1) is 16.5. The summed E-state index contributed by atoms with van der Waals surface area (Å²) in [6, 6.07) is 27.8. The van der Waals surface area contributed by atoms with E-state index < -0.39 is 0 Å². The fourth-order valence-electron chi connectivity index (χ4n) is 2.57. The van der Waals surface area contributed by atoms with Crippen molar-refractivity contribution < 1.29 is 4.74 Å².